The van der Waals surface area contributed by atoms with Gasteiger partial charge in [0.2, 0.25) is 5.91 Å². The van der Waals surface area contributed by atoms with Gasteiger partial charge in [-0.15, -0.1) is 0 Å². The summed E-state index contributed by atoms with van der Waals surface area (Å²) < 4.78 is 0. The Hall–Kier alpha value is -1.06. The lowest BCUT2D eigenvalue weighted by Crippen LogP contribution is -2.44. The zero-order valence-electron chi connectivity index (χ0n) is 16.1. The minimum Gasteiger partial charge on any atom is -0.480 e. The Morgan fingerprint density at radius 1 is 0.833 bits per heavy atom. The van der Waals surface area contributed by atoms with Crippen molar-refractivity contribution in [2.24, 2.45) is 5.92 Å². The Bertz CT molecular complexity index is 331. The van der Waals surface area contributed by atoms with Crippen LogP contribution in [0.1, 0.15) is 104 Å². The van der Waals surface area contributed by atoms with Crippen molar-refractivity contribution in [2.45, 2.75) is 110 Å². The van der Waals surface area contributed by atoms with Gasteiger partial charge >= 0.3 is 5.97 Å². The molecule has 0 bridgehead atoms. The number of unbranched alkanes of at least 4 members (excludes halogenated alkanes) is 10. The summed E-state index contributed by atoms with van der Waals surface area (Å²) in [5, 5.41) is 11.8. The van der Waals surface area contributed by atoms with Crippen LogP contribution in [0.15, 0.2) is 0 Å². The number of amides is 1. The summed E-state index contributed by atoms with van der Waals surface area (Å²) >= 11 is 0. The lowest BCUT2D eigenvalue weighted by Gasteiger charge is -2.20. The van der Waals surface area contributed by atoms with E-state index in [-0.39, 0.29) is 11.8 Å². The number of carbonyl (C=O) groups is 2. The Morgan fingerprint density at radius 3 is 1.71 bits per heavy atom. The smallest absolute Gasteiger partial charge is 0.326 e. The van der Waals surface area contributed by atoms with Crippen LogP contribution in [0.2, 0.25) is 0 Å². The molecule has 0 aliphatic rings. The Kier molecular flexibility index (Phi) is 14.8. The van der Waals surface area contributed by atoms with E-state index in [4.69, 9.17) is 5.11 Å². The quantitative estimate of drug-likeness (QED) is 0.374. The Labute approximate surface area is 148 Å². The molecule has 0 saturated heterocycles. The lowest BCUT2D eigenvalue weighted by molar-refractivity contribution is -0.143. The first-order valence-electron chi connectivity index (χ1n) is 10.0. The van der Waals surface area contributed by atoms with E-state index in [1.54, 1.807) is 0 Å². The van der Waals surface area contributed by atoms with E-state index in [0.29, 0.717) is 6.42 Å². The maximum Gasteiger partial charge on any atom is 0.326 e. The van der Waals surface area contributed by atoms with Gasteiger partial charge < -0.3 is 10.4 Å². The van der Waals surface area contributed by atoms with Crippen molar-refractivity contribution in [3.8, 4) is 0 Å². The van der Waals surface area contributed by atoms with Crippen LogP contribution in [0.3, 0.4) is 0 Å². The predicted molar refractivity (Wildman–Crippen MR) is 100 cm³/mol. The molecule has 0 heterocycles. The van der Waals surface area contributed by atoms with Gasteiger partial charge in [0.25, 0.3) is 0 Å². The van der Waals surface area contributed by atoms with Crippen LogP contribution < -0.4 is 5.32 Å². The molecule has 4 heteroatoms. The van der Waals surface area contributed by atoms with Crippen molar-refractivity contribution >= 4 is 11.9 Å². The number of nitrogens with one attached hydrogen (secondary N) is 1. The fourth-order valence-electron chi connectivity index (χ4n) is 2.88. The first-order chi connectivity index (χ1) is 11.5. The third-order valence-corrected chi connectivity index (χ3v) is 4.80. The van der Waals surface area contributed by atoms with Crippen molar-refractivity contribution in [3.05, 3.63) is 0 Å². The first-order valence-corrected chi connectivity index (χ1v) is 10.0. The normalized spacial score (nSPS) is 13.5. The second-order valence-electron chi connectivity index (χ2n) is 7.05. The molecular weight excluding hydrogens is 302 g/mol. The van der Waals surface area contributed by atoms with E-state index >= 15 is 0 Å². The van der Waals surface area contributed by atoms with E-state index < -0.39 is 12.0 Å². The van der Waals surface area contributed by atoms with Crippen molar-refractivity contribution in [2.75, 3.05) is 0 Å². The standard InChI is InChI=1S/C20H39NO3/c1-4-6-7-8-9-10-11-12-13-14-15-16-18(22)21-19(20(23)24)17(3)5-2/h17,19H,4-16H2,1-3H3,(H,21,22)(H,23,24)/t17-,19-/m0/s1. The molecule has 0 radical (unpaired) electrons. The summed E-state index contributed by atoms with van der Waals surface area (Å²) in [6.45, 7) is 6.05. The minimum atomic E-state index is -0.934. The third kappa shape index (κ3) is 12.4. The van der Waals surface area contributed by atoms with Gasteiger partial charge in [0.15, 0.2) is 0 Å². The summed E-state index contributed by atoms with van der Waals surface area (Å²) in [6.07, 6.45) is 14.9. The zero-order valence-corrected chi connectivity index (χ0v) is 16.1. The highest BCUT2D eigenvalue weighted by atomic mass is 16.4. The number of carboxylic acid groups (broad SMARTS) is 1. The average molecular weight is 342 g/mol. The number of carbonyl (C=O) groups excluding carboxylic acids is 1. The van der Waals surface area contributed by atoms with Gasteiger partial charge in [0.05, 0.1) is 0 Å². The average Bonchev–Trinajstić information content (AvgIpc) is 2.56. The summed E-state index contributed by atoms with van der Waals surface area (Å²) in [5.74, 6) is -1.10. The molecular formula is C20H39NO3. The van der Waals surface area contributed by atoms with Crippen molar-refractivity contribution < 1.29 is 14.7 Å². The fraction of sp³-hybridized carbons (Fsp3) is 0.900. The van der Waals surface area contributed by atoms with Gasteiger partial charge in [-0.25, -0.2) is 4.79 Å². The van der Waals surface area contributed by atoms with Crippen molar-refractivity contribution in [3.63, 3.8) is 0 Å². The van der Waals surface area contributed by atoms with Crippen LogP contribution in [0, 0.1) is 5.92 Å². The molecule has 2 N–H and O–H groups in total. The van der Waals surface area contributed by atoms with Gasteiger partial charge in [-0.1, -0.05) is 91.4 Å². The van der Waals surface area contributed by atoms with E-state index in [2.05, 4.69) is 12.2 Å². The van der Waals surface area contributed by atoms with Crippen LogP contribution in [0.4, 0.5) is 0 Å². The molecule has 0 aliphatic heterocycles. The zero-order chi connectivity index (χ0) is 18.2. The molecule has 0 spiro atoms. The number of hydrogen-bond acceptors (Lipinski definition) is 2. The number of carboxylic acids is 1. The summed E-state index contributed by atoms with van der Waals surface area (Å²) in [6, 6.07) is -0.754. The maximum atomic E-state index is 11.9. The highest BCUT2D eigenvalue weighted by Crippen LogP contribution is 2.12. The summed E-state index contributed by atoms with van der Waals surface area (Å²) in [4.78, 5) is 23.0. The van der Waals surface area contributed by atoms with Gasteiger partial charge in [-0.2, -0.15) is 0 Å². The largest absolute Gasteiger partial charge is 0.480 e. The second-order valence-corrected chi connectivity index (χ2v) is 7.05. The molecule has 2 atom stereocenters. The molecule has 142 valence electrons. The molecule has 0 aliphatic carbocycles. The van der Waals surface area contributed by atoms with Gasteiger partial charge in [-0.3, -0.25) is 4.79 Å². The third-order valence-electron chi connectivity index (χ3n) is 4.80. The SMILES string of the molecule is CCCCCCCCCCCCCC(=O)N[C@H](C(=O)O)[C@@H](C)CC. The molecule has 0 unspecified atom stereocenters. The number of aliphatic carboxylic acids is 1. The van der Waals surface area contributed by atoms with Crippen LogP contribution in [0.25, 0.3) is 0 Å². The maximum absolute atomic E-state index is 11.9. The van der Waals surface area contributed by atoms with Gasteiger partial charge in [0, 0.05) is 6.42 Å². The molecule has 4 nitrogen and oxygen atoms in total. The second kappa shape index (κ2) is 15.5. The topological polar surface area (TPSA) is 66.4 Å². The number of rotatable bonds is 16. The Balaban J connectivity index is 3.56. The summed E-state index contributed by atoms with van der Waals surface area (Å²) in [5.41, 5.74) is 0. The van der Waals surface area contributed by atoms with Crippen molar-refractivity contribution in [1.29, 1.82) is 0 Å². The number of hydrogen-bond donors (Lipinski definition) is 2. The first kappa shape index (κ1) is 22.9. The Morgan fingerprint density at radius 2 is 1.29 bits per heavy atom. The molecule has 0 rings (SSSR count). The molecule has 0 aromatic heterocycles. The van der Waals surface area contributed by atoms with E-state index in [9.17, 15) is 9.59 Å². The van der Waals surface area contributed by atoms with Crippen LogP contribution in [0.5, 0.6) is 0 Å². The van der Waals surface area contributed by atoms with E-state index in [1.165, 1.54) is 57.8 Å². The molecule has 0 aromatic carbocycles. The highest BCUT2D eigenvalue weighted by Gasteiger charge is 2.24. The molecule has 0 fully saturated rings. The molecule has 0 saturated carbocycles. The molecule has 24 heavy (non-hydrogen) atoms. The lowest BCUT2D eigenvalue weighted by atomic mass is 9.99. The van der Waals surface area contributed by atoms with Crippen LogP contribution >= 0.6 is 0 Å². The minimum absolute atomic E-state index is 0.0382. The van der Waals surface area contributed by atoms with E-state index in [1.807, 2.05) is 13.8 Å². The van der Waals surface area contributed by atoms with Crippen molar-refractivity contribution in [1.82, 2.24) is 5.32 Å². The summed E-state index contributed by atoms with van der Waals surface area (Å²) in [7, 11) is 0. The van der Waals surface area contributed by atoms with E-state index in [0.717, 1.165) is 19.3 Å². The monoisotopic (exact) mass is 341 g/mol. The van der Waals surface area contributed by atoms with Crippen LogP contribution in [-0.2, 0) is 9.59 Å². The highest BCUT2D eigenvalue weighted by molar-refractivity contribution is 5.83. The van der Waals surface area contributed by atoms with Crippen LogP contribution in [-0.4, -0.2) is 23.0 Å². The predicted octanol–water partition coefficient (Wildman–Crippen LogP) is 5.30. The molecule has 1 amide bonds. The van der Waals surface area contributed by atoms with Gasteiger partial charge in [0.1, 0.15) is 6.04 Å². The molecule has 0 aromatic rings. The fourth-order valence-corrected chi connectivity index (χ4v) is 2.88. The van der Waals surface area contributed by atoms with Gasteiger partial charge in [-0.05, 0) is 12.3 Å².